The lowest BCUT2D eigenvalue weighted by molar-refractivity contribution is 1.20. The molecule has 0 fully saturated rings. The highest BCUT2D eigenvalue weighted by Gasteiger charge is 1.99. The molecular formula is C6H6N3OP. The van der Waals surface area contributed by atoms with Gasteiger partial charge in [0.2, 0.25) is 5.95 Å². The second-order valence-corrected chi connectivity index (χ2v) is 3.29. The lowest BCUT2D eigenvalue weighted by Crippen LogP contribution is -2.09. The molecule has 0 bridgehead atoms. The molecule has 0 radical (unpaired) electrons. The first-order valence-electron chi connectivity index (χ1n) is 3.10. The second kappa shape index (κ2) is 2.10. The van der Waals surface area contributed by atoms with Crippen molar-refractivity contribution in [3.63, 3.8) is 0 Å². The van der Waals surface area contributed by atoms with Gasteiger partial charge >= 0.3 is 0 Å². The summed E-state index contributed by atoms with van der Waals surface area (Å²) in [6.07, 6.45) is 0. The summed E-state index contributed by atoms with van der Waals surface area (Å²) < 4.78 is 0. The molecule has 0 spiro atoms. The van der Waals surface area contributed by atoms with Crippen molar-refractivity contribution in [1.82, 2.24) is 9.97 Å². The largest absolute Gasteiger partial charge is 0.369 e. The fourth-order valence-electron chi connectivity index (χ4n) is 0.968. The van der Waals surface area contributed by atoms with E-state index in [9.17, 15) is 4.79 Å². The lowest BCUT2D eigenvalue weighted by Gasteiger charge is -1.90. The quantitative estimate of drug-likeness (QED) is 0.601. The van der Waals surface area contributed by atoms with Crippen molar-refractivity contribution in [1.29, 1.82) is 0 Å². The molecule has 1 unspecified atom stereocenters. The van der Waals surface area contributed by atoms with Crippen LogP contribution in [0.25, 0.3) is 10.6 Å². The van der Waals surface area contributed by atoms with Crippen molar-refractivity contribution in [2.45, 2.75) is 0 Å². The van der Waals surface area contributed by atoms with Crippen molar-refractivity contribution in [2.24, 2.45) is 0 Å². The number of anilines is 1. The third-order valence-electron chi connectivity index (χ3n) is 1.44. The predicted molar refractivity (Wildman–Crippen MR) is 46.3 cm³/mol. The Labute approximate surface area is 63.5 Å². The van der Waals surface area contributed by atoms with E-state index < -0.39 is 0 Å². The van der Waals surface area contributed by atoms with E-state index in [0.717, 1.165) is 5.25 Å². The Kier molecular flexibility index (Phi) is 1.23. The molecule has 2 aromatic rings. The number of nitrogens with zero attached hydrogens (tertiary/aromatic N) is 1. The summed E-state index contributed by atoms with van der Waals surface area (Å²) in [6.45, 7) is 0. The van der Waals surface area contributed by atoms with E-state index >= 15 is 0 Å². The van der Waals surface area contributed by atoms with Crippen LogP contribution in [0.15, 0.2) is 16.7 Å². The van der Waals surface area contributed by atoms with E-state index in [2.05, 4.69) is 9.97 Å². The zero-order valence-electron chi connectivity index (χ0n) is 5.59. The summed E-state index contributed by atoms with van der Waals surface area (Å²) in [4.78, 5) is 17.5. The normalized spacial score (nSPS) is 11.3. The standard InChI is InChI=1S/C6H6N3OP/c7-6-8-4(10)3-1-2-11-5(3)9-6/h1-2,11H,(H3,7,8,9,10). The number of H-pyrrole nitrogens is 1. The van der Waals surface area contributed by atoms with Gasteiger partial charge < -0.3 is 5.73 Å². The summed E-state index contributed by atoms with van der Waals surface area (Å²) in [6, 6.07) is 1.78. The zero-order chi connectivity index (χ0) is 7.84. The number of nitrogen functional groups attached to an aromatic ring is 1. The molecule has 3 N–H and O–H groups in total. The Balaban J connectivity index is 3.02. The smallest absolute Gasteiger partial charge is 0.260 e. The van der Waals surface area contributed by atoms with E-state index in [1.54, 1.807) is 6.07 Å². The summed E-state index contributed by atoms with van der Waals surface area (Å²) in [5.41, 5.74) is 5.20. The number of aromatic amines is 1. The summed E-state index contributed by atoms with van der Waals surface area (Å²) in [5, 5.41) is 1.45. The van der Waals surface area contributed by atoms with Crippen molar-refractivity contribution >= 4 is 24.8 Å². The van der Waals surface area contributed by atoms with Crippen LogP contribution in [0.5, 0.6) is 0 Å². The molecule has 2 aromatic heterocycles. The highest BCUT2D eigenvalue weighted by Crippen LogP contribution is 2.19. The minimum absolute atomic E-state index is 0.145. The topological polar surface area (TPSA) is 71.8 Å². The fraction of sp³-hybridized carbons (Fsp3) is 0. The average Bonchev–Trinajstić information content (AvgIpc) is 2.34. The summed E-state index contributed by atoms with van der Waals surface area (Å²) in [7, 11) is 0.481. The number of nitrogens with one attached hydrogen (secondary N) is 1. The predicted octanol–water partition coefficient (Wildman–Crippen LogP) is 0.537. The molecule has 0 saturated heterocycles. The Bertz CT molecular complexity index is 444. The van der Waals surface area contributed by atoms with Crippen LogP contribution in [0, 0.1) is 0 Å². The van der Waals surface area contributed by atoms with E-state index in [1.165, 1.54) is 0 Å². The molecule has 0 aliphatic carbocycles. The molecule has 5 heteroatoms. The minimum Gasteiger partial charge on any atom is -0.369 e. The van der Waals surface area contributed by atoms with Gasteiger partial charge in [-0.2, -0.15) is 0 Å². The SMILES string of the molecule is Nc1nc2[pH]ccc2c(=O)[nH]1. The van der Waals surface area contributed by atoms with E-state index in [-0.39, 0.29) is 11.5 Å². The van der Waals surface area contributed by atoms with Crippen LogP contribution >= 0.6 is 8.19 Å². The van der Waals surface area contributed by atoms with Gasteiger partial charge in [0.15, 0.2) is 0 Å². The van der Waals surface area contributed by atoms with Gasteiger partial charge in [-0.1, -0.05) is 0 Å². The second-order valence-electron chi connectivity index (χ2n) is 2.19. The molecule has 0 saturated carbocycles. The van der Waals surface area contributed by atoms with E-state index in [0.29, 0.717) is 13.6 Å². The number of aromatic nitrogens is 2. The van der Waals surface area contributed by atoms with E-state index in [4.69, 9.17) is 5.73 Å². The Hall–Kier alpha value is -1.28. The number of nitrogens with two attached hydrogens (primary N) is 1. The Morgan fingerprint density at radius 2 is 2.45 bits per heavy atom. The van der Waals surface area contributed by atoms with Crippen LogP contribution in [0.1, 0.15) is 0 Å². The summed E-state index contributed by atoms with van der Waals surface area (Å²) in [5.74, 6) is 2.12. The van der Waals surface area contributed by atoms with Gasteiger partial charge in [-0.3, -0.25) is 9.78 Å². The Morgan fingerprint density at radius 1 is 1.64 bits per heavy atom. The lowest BCUT2D eigenvalue weighted by atomic mass is 10.4. The van der Waals surface area contributed by atoms with Gasteiger partial charge in [0, 0.05) is 0 Å². The molecule has 2 heterocycles. The van der Waals surface area contributed by atoms with Gasteiger partial charge in [-0.05, 0) is 11.9 Å². The van der Waals surface area contributed by atoms with Crippen molar-refractivity contribution < 1.29 is 0 Å². The number of hydrogen-bond donors (Lipinski definition) is 2. The number of hydrogen-bond acceptors (Lipinski definition) is 3. The first-order valence-corrected chi connectivity index (χ1v) is 4.18. The molecule has 0 aliphatic heterocycles. The molecule has 56 valence electrons. The maximum atomic E-state index is 11.1. The minimum atomic E-state index is -0.145. The maximum absolute atomic E-state index is 11.1. The highest BCUT2D eigenvalue weighted by atomic mass is 31.0. The van der Waals surface area contributed by atoms with Crippen LogP contribution in [-0.4, -0.2) is 9.97 Å². The average molecular weight is 167 g/mol. The van der Waals surface area contributed by atoms with Gasteiger partial charge in [0.05, 0.1) is 10.6 Å². The molecule has 0 aromatic carbocycles. The van der Waals surface area contributed by atoms with Crippen molar-refractivity contribution in [3.05, 3.63) is 22.2 Å². The number of rotatable bonds is 0. The first kappa shape index (κ1) is 6.43. The molecule has 4 nitrogen and oxygen atoms in total. The van der Waals surface area contributed by atoms with Gasteiger partial charge in [-0.25, -0.2) is 4.98 Å². The number of fused-ring (bicyclic) bond motifs is 1. The molecule has 1 atom stereocenters. The van der Waals surface area contributed by atoms with Crippen LogP contribution < -0.4 is 11.3 Å². The van der Waals surface area contributed by atoms with Crippen molar-refractivity contribution in [3.8, 4) is 0 Å². The van der Waals surface area contributed by atoms with Gasteiger partial charge in [0.1, 0.15) is 0 Å². The van der Waals surface area contributed by atoms with Crippen LogP contribution in [0.2, 0.25) is 0 Å². The van der Waals surface area contributed by atoms with Crippen LogP contribution in [-0.2, 0) is 0 Å². The third kappa shape index (κ3) is 0.917. The monoisotopic (exact) mass is 167 g/mol. The maximum Gasteiger partial charge on any atom is 0.260 e. The Morgan fingerprint density at radius 3 is 3.27 bits per heavy atom. The first-order chi connectivity index (χ1) is 5.27. The summed E-state index contributed by atoms with van der Waals surface area (Å²) >= 11 is 0. The van der Waals surface area contributed by atoms with Gasteiger partial charge in [0.25, 0.3) is 5.56 Å². The van der Waals surface area contributed by atoms with Crippen molar-refractivity contribution in [2.75, 3.05) is 5.73 Å². The molecule has 11 heavy (non-hydrogen) atoms. The zero-order valence-corrected chi connectivity index (χ0v) is 6.59. The molecular weight excluding hydrogens is 161 g/mol. The highest BCUT2D eigenvalue weighted by molar-refractivity contribution is 7.36. The molecule has 2 rings (SSSR count). The molecule has 0 amide bonds. The van der Waals surface area contributed by atoms with E-state index in [1.807, 2.05) is 5.80 Å². The van der Waals surface area contributed by atoms with Crippen LogP contribution in [0.4, 0.5) is 5.95 Å². The fourth-order valence-corrected chi connectivity index (χ4v) is 1.91. The van der Waals surface area contributed by atoms with Gasteiger partial charge in [-0.15, -0.1) is 8.19 Å². The third-order valence-corrected chi connectivity index (χ3v) is 2.43. The van der Waals surface area contributed by atoms with Crippen LogP contribution in [0.3, 0.4) is 0 Å². The molecule has 0 aliphatic rings.